The average Bonchev–Trinajstić information content (AvgIpc) is 2.57. The largest absolute Gasteiger partial charge is 0.389 e. The smallest absolute Gasteiger partial charge is 0.171 e. The molecule has 0 fully saturated rings. The molecule has 0 aliphatic heterocycles. The first-order valence-electron chi connectivity index (χ1n) is 6.34. The molecule has 1 rings (SSSR count). The summed E-state index contributed by atoms with van der Waals surface area (Å²) in [5.41, 5.74) is 2.71. The van der Waals surface area contributed by atoms with E-state index in [1.54, 1.807) is 6.08 Å². The highest BCUT2D eigenvalue weighted by molar-refractivity contribution is 8.04. The predicted molar refractivity (Wildman–Crippen MR) is 78.6 cm³/mol. The molecular weight excluding hydrogens is 244 g/mol. The third-order valence-electron chi connectivity index (χ3n) is 2.78. The minimum atomic E-state index is -0.567. The highest BCUT2D eigenvalue weighted by atomic mass is 32.2. The molecule has 0 aromatic rings. The van der Waals surface area contributed by atoms with Crippen molar-refractivity contribution in [2.75, 3.05) is 5.75 Å². The van der Waals surface area contributed by atoms with Crippen LogP contribution in [0.4, 0.5) is 0 Å². The topological polar surface area (TPSA) is 37.3 Å². The fraction of sp³-hybridized carbons (Fsp3) is 0.533. The molecule has 0 saturated heterocycles. The molecule has 1 aliphatic rings. The standard InChI is InChI=1S/C15H22O2S/c1-11(2)5-4-6-12(3)7-8-18-15-10-13(16)9-14(15)17/h5,7,10,13,16H,4,6,8-9H2,1-3H3/b12-7+. The molecule has 1 N–H and O–H groups in total. The minimum absolute atomic E-state index is 0.0723. The second-order valence-corrected chi connectivity index (χ2v) is 5.97. The maximum atomic E-state index is 11.4. The predicted octanol–water partition coefficient (Wildman–Crippen LogP) is 3.63. The summed E-state index contributed by atoms with van der Waals surface area (Å²) < 4.78 is 0. The maximum Gasteiger partial charge on any atom is 0.171 e. The fourth-order valence-corrected chi connectivity index (χ4v) is 2.76. The van der Waals surface area contributed by atoms with E-state index in [1.165, 1.54) is 22.9 Å². The Morgan fingerprint density at radius 2 is 2.17 bits per heavy atom. The molecule has 0 spiro atoms. The average molecular weight is 266 g/mol. The van der Waals surface area contributed by atoms with E-state index in [-0.39, 0.29) is 12.2 Å². The summed E-state index contributed by atoms with van der Waals surface area (Å²) in [5, 5.41) is 9.31. The van der Waals surface area contributed by atoms with Gasteiger partial charge < -0.3 is 5.11 Å². The van der Waals surface area contributed by atoms with Gasteiger partial charge in [0.2, 0.25) is 0 Å². The first-order valence-corrected chi connectivity index (χ1v) is 7.32. The molecule has 0 amide bonds. The van der Waals surface area contributed by atoms with Gasteiger partial charge in [-0.05, 0) is 39.7 Å². The molecule has 3 heteroatoms. The van der Waals surface area contributed by atoms with Crippen LogP contribution in [0.1, 0.15) is 40.0 Å². The summed E-state index contributed by atoms with van der Waals surface area (Å²) in [4.78, 5) is 12.1. The summed E-state index contributed by atoms with van der Waals surface area (Å²) in [6.07, 6.45) is 7.91. The Morgan fingerprint density at radius 3 is 2.72 bits per heavy atom. The van der Waals surface area contributed by atoms with Gasteiger partial charge in [0, 0.05) is 17.1 Å². The number of carbonyl (C=O) groups excluding carboxylic acids is 1. The Hall–Kier alpha value is -0.800. The van der Waals surface area contributed by atoms with Gasteiger partial charge in [-0.15, -0.1) is 11.8 Å². The van der Waals surface area contributed by atoms with Gasteiger partial charge in [-0.1, -0.05) is 23.3 Å². The number of Topliss-reactive ketones (excluding diaryl/α,β-unsaturated/α-hetero) is 1. The van der Waals surface area contributed by atoms with E-state index in [2.05, 4.69) is 32.9 Å². The molecule has 0 heterocycles. The molecule has 18 heavy (non-hydrogen) atoms. The van der Waals surface area contributed by atoms with Gasteiger partial charge in [0.05, 0.1) is 6.10 Å². The van der Waals surface area contributed by atoms with Crippen molar-refractivity contribution in [3.63, 3.8) is 0 Å². The van der Waals surface area contributed by atoms with Crippen LogP contribution in [-0.2, 0) is 4.79 Å². The Bertz CT molecular complexity index is 387. The lowest BCUT2D eigenvalue weighted by Crippen LogP contribution is -2.00. The second-order valence-electron chi connectivity index (χ2n) is 4.91. The van der Waals surface area contributed by atoms with Crippen molar-refractivity contribution < 1.29 is 9.90 Å². The van der Waals surface area contributed by atoms with Crippen molar-refractivity contribution in [1.82, 2.24) is 0 Å². The number of rotatable bonds is 6. The molecule has 0 aromatic heterocycles. The lowest BCUT2D eigenvalue weighted by Gasteiger charge is -2.00. The van der Waals surface area contributed by atoms with Gasteiger partial charge >= 0.3 is 0 Å². The summed E-state index contributed by atoms with van der Waals surface area (Å²) in [7, 11) is 0. The molecule has 0 saturated carbocycles. The highest BCUT2D eigenvalue weighted by Crippen LogP contribution is 2.26. The van der Waals surface area contributed by atoms with E-state index in [4.69, 9.17) is 0 Å². The Kier molecular flexibility index (Phi) is 6.44. The van der Waals surface area contributed by atoms with E-state index in [0.717, 1.165) is 23.5 Å². The Labute approximate surface area is 114 Å². The van der Waals surface area contributed by atoms with Crippen LogP contribution in [0.2, 0.25) is 0 Å². The van der Waals surface area contributed by atoms with Crippen LogP contribution in [0.3, 0.4) is 0 Å². The van der Waals surface area contributed by atoms with Crippen LogP contribution in [0.15, 0.2) is 34.3 Å². The van der Waals surface area contributed by atoms with Gasteiger partial charge in [-0.25, -0.2) is 0 Å². The first-order chi connectivity index (χ1) is 8.49. The number of hydrogen-bond donors (Lipinski definition) is 1. The SMILES string of the molecule is CC(C)=CCC/C(C)=C/CSC1=CC(O)CC1=O. The van der Waals surface area contributed by atoms with Crippen LogP contribution >= 0.6 is 11.8 Å². The number of aliphatic hydroxyl groups is 1. The van der Waals surface area contributed by atoms with Gasteiger partial charge in [-0.3, -0.25) is 4.79 Å². The minimum Gasteiger partial charge on any atom is -0.389 e. The summed E-state index contributed by atoms with van der Waals surface area (Å²) in [6.45, 7) is 6.34. The molecule has 1 aliphatic carbocycles. The fourth-order valence-electron chi connectivity index (χ4n) is 1.71. The Balaban J connectivity index is 2.29. The lowest BCUT2D eigenvalue weighted by molar-refractivity contribution is -0.115. The highest BCUT2D eigenvalue weighted by Gasteiger charge is 2.21. The molecular formula is C15H22O2S. The third-order valence-corrected chi connectivity index (χ3v) is 3.78. The molecule has 1 unspecified atom stereocenters. The van der Waals surface area contributed by atoms with E-state index in [0.29, 0.717) is 0 Å². The zero-order chi connectivity index (χ0) is 13.5. The van der Waals surface area contributed by atoms with Gasteiger partial charge in [0.1, 0.15) is 0 Å². The van der Waals surface area contributed by atoms with Crippen molar-refractivity contribution in [1.29, 1.82) is 0 Å². The van der Waals surface area contributed by atoms with Crippen molar-refractivity contribution in [2.45, 2.75) is 46.1 Å². The van der Waals surface area contributed by atoms with Crippen LogP contribution in [0.25, 0.3) is 0 Å². The monoisotopic (exact) mass is 266 g/mol. The summed E-state index contributed by atoms with van der Waals surface area (Å²) in [6, 6.07) is 0. The van der Waals surface area contributed by atoms with Gasteiger partial charge in [0.15, 0.2) is 5.78 Å². The first kappa shape index (κ1) is 15.3. The van der Waals surface area contributed by atoms with E-state index >= 15 is 0 Å². The molecule has 100 valence electrons. The molecule has 0 bridgehead atoms. The van der Waals surface area contributed by atoms with Gasteiger partial charge in [-0.2, -0.15) is 0 Å². The Morgan fingerprint density at radius 1 is 1.44 bits per heavy atom. The molecule has 2 nitrogen and oxygen atoms in total. The number of carbonyl (C=O) groups is 1. The normalized spacial score (nSPS) is 20.0. The van der Waals surface area contributed by atoms with Crippen molar-refractivity contribution in [2.24, 2.45) is 0 Å². The van der Waals surface area contributed by atoms with Crippen molar-refractivity contribution >= 4 is 17.5 Å². The number of aliphatic hydroxyl groups excluding tert-OH is 1. The third kappa shape index (κ3) is 5.69. The number of thioether (sulfide) groups is 1. The van der Waals surface area contributed by atoms with Gasteiger partial charge in [0.25, 0.3) is 0 Å². The zero-order valence-corrected chi connectivity index (χ0v) is 12.2. The second kappa shape index (κ2) is 7.59. The number of allylic oxidation sites excluding steroid dienone is 4. The van der Waals surface area contributed by atoms with E-state index in [1.807, 2.05) is 0 Å². The van der Waals surface area contributed by atoms with Crippen molar-refractivity contribution in [3.8, 4) is 0 Å². The number of ketones is 1. The molecule has 1 atom stereocenters. The number of hydrogen-bond acceptors (Lipinski definition) is 3. The van der Waals surface area contributed by atoms with E-state index < -0.39 is 6.10 Å². The summed E-state index contributed by atoms with van der Waals surface area (Å²) in [5.74, 6) is 0.883. The van der Waals surface area contributed by atoms with Crippen molar-refractivity contribution in [3.05, 3.63) is 34.3 Å². The lowest BCUT2D eigenvalue weighted by atomic mass is 10.1. The zero-order valence-electron chi connectivity index (χ0n) is 11.4. The maximum absolute atomic E-state index is 11.4. The molecule has 0 aromatic carbocycles. The van der Waals surface area contributed by atoms with E-state index in [9.17, 15) is 9.90 Å². The van der Waals surface area contributed by atoms with Crippen LogP contribution in [0, 0.1) is 0 Å². The summed E-state index contributed by atoms with van der Waals surface area (Å²) >= 11 is 1.52. The molecule has 0 radical (unpaired) electrons. The quantitative estimate of drug-likeness (QED) is 0.746. The van der Waals surface area contributed by atoms with Crippen LogP contribution in [0.5, 0.6) is 0 Å². The van der Waals surface area contributed by atoms with Crippen LogP contribution < -0.4 is 0 Å². The van der Waals surface area contributed by atoms with Crippen LogP contribution in [-0.4, -0.2) is 22.7 Å².